The zero-order valence-electron chi connectivity index (χ0n) is 11.8. The molecule has 112 valence electrons. The van der Waals surface area contributed by atoms with Gasteiger partial charge < -0.3 is 4.74 Å². The van der Waals surface area contributed by atoms with E-state index in [4.69, 9.17) is 33.8 Å². The number of rotatable bonds is 6. The van der Waals surface area contributed by atoms with Gasteiger partial charge in [0.05, 0.1) is 17.2 Å². The van der Waals surface area contributed by atoms with Gasteiger partial charge in [0, 0.05) is 6.04 Å². The van der Waals surface area contributed by atoms with Crippen LogP contribution in [0.15, 0.2) is 42.5 Å². The van der Waals surface area contributed by atoms with Crippen molar-refractivity contribution in [3.63, 3.8) is 0 Å². The third kappa shape index (κ3) is 4.11. The summed E-state index contributed by atoms with van der Waals surface area (Å²) in [5, 5.41) is 1.09. The van der Waals surface area contributed by atoms with Crippen molar-refractivity contribution in [1.82, 2.24) is 5.43 Å². The molecule has 2 aromatic rings. The van der Waals surface area contributed by atoms with Crippen molar-refractivity contribution in [1.29, 1.82) is 0 Å². The fourth-order valence-corrected chi connectivity index (χ4v) is 2.66. The van der Waals surface area contributed by atoms with E-state index in [1.165, 1.54) is 5.56 Å². The molecule has 0 bridgehead atoms. The second kappa shape index (κ2) is 7.66. The lowest BCUT2D eigenvalue weighted by Crippen LogP contribution is -2.28. The second-order valence-corrected chi connectivity index (χ2v) is 5.53. The molecular weight excluding hydrogens is 307 g/mol. The molecule has 0 aliphatic heterocycles. The molecule has 1 unspecified atom stereocenters. The summed E-state index contributed by atoms with van der Waals surface area (Å²) in [5.41, 5.74) is 4.95. The van der Waals surface area contributed by atoms with Crippen LogP contribution in [0.4, 0.5) is 0 Å². The first-order valence-corrected chi connectivity index (χ1v) is 7.44. The van der Waals surface area contributed by atoms with Gasteiger partial charge in [0.2, 0.25) is 0 Å². The number of benzene rings is 2. The number of halogens is 2. The monoisotopic (exact) mass is 324 g/mol. The molecule has 0 fully saturated rings. The molecule has 0 saturated heterocycles. The topological polar surface area (TPSA) is 47.3 Å². The number of ether oxygens (including phenoxy) is 1. The number of hydrazine groups is 1. The molecule has 0 spiro atoms. The minimum absolute atomic E-state index is 0.0432. The Morgan fingerprint density at radius 1 is 1.14 bits per heavy atom. The Morgan fingerprint density at radius 2 is 1.86 bits per heavy atom. The molecular formula is C16H18Cl2N2O. The number of hydrogen-bond acceptors (Lipinski definition) is 3. The Balaban J connectivity index is 2.06. The first kappa shape index (κ1) is 16.1. The van der Waals surface area contributed by atoms with E-state index in [0.717, 1.165) is 24.2 Å². The molecule has 3 N–H and O–H groups in total. The zero-order valence-corrected chi connectivity index (χ0v) is 13.3. The number of nitrogens with one attached hydrogen (secondary N) is 1. The quantitative estimate of drug-likeness (QED) is 0.620. The lowest BCUT2D eigenvalue weighted by atomic mass is 9.99. The molecule has 0 aromatic heterocycles. The van der Waals surface area contributed by atoms with Crippen molar-refractivity contribution < 1.29 is 4.74 Å². The highest BCUT2D eigenvalue weighted by Gasteiger charge is 2.15. The summed E-state index contributed by atoms with van der Waals surface area (Å²) in [6.07, 6.45) is 1.70. The molecule has 5 heteroatoms. The maximum atomic E-state index is 6.24. The Bertz CT molecular complexity index is 587. The van der Waals surface area contributed by atoms with Gasteiger partial charge in [-0.25, -0.2) is 0 Å². The summed E-state index contributed by atoms with van der Waals surface area (Å²) in [7, 11) is 1.66. The van der Waals surface area contributed by atoms with E-state index in [0.29, 0.717) is 10.0 Å². The third-order valence-electron chi connectivity index (χ3n) is 3.44. The average Bonchev–Trinajstić information content (AvgIpc) is 2.52. The average molecular weight is 325 g/mol. The number of hydrogen-bond donors (Lipinski definition) is 2. The smallest absolute Gasteiger partial charge is 0.118 e. The van der Waals surface area contributed by atoms with Crippen LogP contribution >= 0.6 is 23.2 Å². The normalized spacial score (nSPS) is 12.2. The van der Waals surface area contributed by atoms with Crippen LogP contribution in [0.5, 0.6) is 5.75 Å². The van der Waals surface area contributed by atoms with E-state index in [1.54, 1.807) is 13.2 Å². The molecule has 1 atom stereocenters. The molecule has 0 saturated carbocycles. The number of aryl methyl sites for hydroxylation is 1. The molecule has 2 rings (SSSR count). The second-order valence-electron chi connectivity index (χ2n) is 4.75. The highest BCUT2D eigenvalue weighted by molar-refractivity contribution is 6.42. The summed E-state index contributed by atoms with van der Waals surface area (Å²) < 4.78 is 5.15. The van der Waals surface area contributed by atoms with Crippen LogP contribution in [0, 0.1) is 0 Å². The van der Waals surface area contributed by atoms with Gasteiger partial charge in [-0.15, -0.1) is 0 Å². The van der Waals surface area contributed by atoms with Crippen molar-refractivity contribution in [2.45, 2.75) is 18.9 Å². The van der Waals surface area contributed by atoms with E-state index in [1.807, 2.05) is 36.4 Å². The van der Waals surface area contributed by atoms with Gasteiger partial charge in [0.25, 0.3) is 0 Å². The standard InChI is InChI=1S/C16H18Cl2N2O/c1-21-12-8-5-11(6-9-12)7-10-15(20-19)13-3-2-4-14(17)16(13)18/h2-6,8-9,15,20H,7,10,19H2,1H3. The molecule has 2 aromatic carbocycles. The molecule has 3 nitrogen and oxygen atoms in total. The Kier molecular flexibility index (Phi) is 5.88. The highest BCUT2D eigenvalue weighted by Crippen LogP contribution is 2.31. The number of nitrogens with two attached hydrogens (primary N) is 1. The minimum Gasteiger partial charge on any atom is -0.497 e. The zero-order chi connectivity index (χ0) is 15.2. The maximum Gasteiger partial charge on any atom is 0.118 e. The van der Waals surface area contributed by atoms with Crippen LogP contribution in [-0.2, 0) is 6.42 Å². The van der Waals surface area contributed by atoms with E-state index < -0.39 is 0 Å². The van der Waals surface area contributed by atoms with Gasteiger partial charge in [0.15, 0.2) is 0 Å². The summed E-state index contributed by atoms with van der Waals surface area (Å²) in [6.45, 7) is 0. The molecule has 0 heterocycles. The summed E-state index contributed by atoms with van der Waals surface area (Å²) in [6, 6.07) is 13.5. The van der Waals surface area contributed by atoms with Crippen molar-refractivity contribution >= 4 is 23.2 Å². The molecule has 21 heavy (non-hydrogen) atoms. The van der Waals surface area contributed by atoms with Crippen LogP contribution < -0.4 is 16.0 Å². The highest BCUT2D eigenvalue weighted by atomic mass is 35.5. The summed E-state index contributed by atoms with van der Waals surface area (Å²) >= 11 is 12.3. The van der Waals surface area contributed by atoms with E-state index >= 15 is 0 Å². The van der Waals surface area contributed by atoms with Crippen LogP contribution in [0.1, 0.15) is 23.6 Å². The van der Waals surface area contributed by atoms with Crippen LogP contribution in [0.3, 0.4) is 0 Å². The SMILES string of the molecule is COc1ccc(CCC(NN)c2cccc(Cl)c2Cl)cc1. The van der Waals surface area contributed by atoms with Gasteiger partial charge in [-0.05, 0) is 42.2 Å². The predicted octanol–water partition coefficient (Wildman–Crippen LogP) is 4.14. The fourth-order valence-electron chi connectivity index (χ4n) is 2.22. The van der Waals surface area contributed by atoms with E-state index in [9.17, 15) is 0 Å². The summed E-state index contributed by atoms with van der Waals surface area (Å²) in [5.74, 6) is 6.51. The van der Waals surface area contributed by atoms with Gasteiger partial charge >= 0.3 is 0 Å². The van der Waals surface area contributed by atoms with E-state index in [2.05, 4.69) is 5.43 Å². The van der Waals surface area contributed by atoms with Crippen molar-refractivity contribution in [3.8, 4) is 5.75 Å². The fraction of sp³-hybridized carbons (Fsp3) is 0.250. The lowest BCUT2D eigenvalue weighted by Gasteiger charge is -2.18. The van der Waals surface area contributed by atoms with Gasteiger partial charge in [0.1, 0.15) is 5.75 Å². The minimum atomic E-state index is -0.0432. The maximum absolute atomic E-state index is 6.24. The first-order chi connectivity index (χ1) is 10.2. The van der Waals surface area contributed by atoms with Crippen molar-refractivity contribution in [3.05, 3.63) is 63.6 Å². The summed E-state index contributed by atoms with van der Waals surface area (Å²) in [4.78, 5) is 0. The predicted molar refractivity (Wildman–Crippen MR) is 87.8 cm³/mol. The molecule has 0 aliphatic rings. The number of methoxy groups -OCH3 is 1. The lowest BCUT2D eigenvalue weighted by molar-refractivity contribution is 0.414. The van der Waals surface area contributed by atoms with Crippen molar-refractivity contribution in [2.24, 2.45) is 5.84 Å². The Morgan fingerprint density at radius 3 is 2.48 bits per heavy atom. The van der Waals surface area contributed by atoms with Gasteiger partial charge in [-0.1, -0.05) is 47.5 Å². The molecule has 0 radical (unpaired) electrons. The molecule has 0 aliphatic carbocycles. The van der Waals surface area contributed by atoms with Crippen molar-refractivity contribution in [2.75, 3.05) is 7.11 Å². The van der Waals surface area contributed by atoms with Gasteiger partial charge in [-0.2, -0.15) is 0 Å². The van der Waals surface area contributed by atoms with Crippen LogP contribution in [0.25, 0.3) is 0 Å². The largest absolute Gasteiger partial charge is 0.497 e. The van der Waals surface area contributed by atoms with Crippen LogP contribution in [0.2, 0.25) is 10.0 Å². The first-order valence-electron chi connectivity index (χ1n) is 6.68. The molecule has 0 amide bonds. The van der Waals surface area contributed by atoms with Crippen LogP contribution in [-0.4, -0.2) is 7.11 Å². The van der Waals surface area contributed by atoms with E-state index in [-0.39, 0.29) is 6.04 Å². The Labute approximate surface area is 135 Å². The van der Waals surface area contributed by atoms with Gasteiger partial charge in [-0.3, -0.25) is 11.3 Å². The Hall–Kier alpha value is -1.26. The third-order valence-corrected chi connectivity index (χ3v) is 4.27.